The molecule has 1 aromatic heterocycles. The zero-order valence-electron chi connectivity index (χ0n) is 14.3. The number of hydrogen-bond donors (Lipinski definition) is 0. The fraction of sp³-hybridized carbons (Fsp3) is 0.150. The monoisotopic (exact) mass is 383 g/mol. The van der Waals surface area contributed by atoms with Gasteiger partial charge in [-0.05, 0) is 49.4 Å². The molecule has 6 nitrogen and oxygen atoms in total. The lowest BCUT2D eigenvalue weighted by molar-refractivity contribution is 0.0473. The number of carbonyl (C=O) groups is 2. The maximum absolute atomic E-state index is 12.4. The first kappa shape index (κ1) is 17.3. The van der Waals surface area contributed by atoms with E-state index in [4.69, 9.17) is 25.8 Å². The maximum Gasteiger partial charge on any atom is 0.340 e. The smallest absolute Gasteiger partial charge is 0.340 e. The van der Waals surface area contributed by atoms with Crippen LogP contribution in [0.2, 0.25) is 5.02 Å². The van der Waals surface area contributed by atoms with Gasteiger partial charge in [0.25, 0.3) is 0 Å². The Bertz CT molecular complexity index is 1080. The topological polar surface area (TPSA) is 74.7 Å². The van der Waals surface area contributed by atoms with Gasteiger partial charge in [0.05, 0.1) is 16.8 Å². The van der Waals surface area contributed by atoms with E-state index in [2.05, 4.69) is 4.98 Å². The Balaban J connectivity index is 1.50. The third kappa shape index (κ3) is 3.44. The second kappa shape index (κ2) is 6.89. The number of hydrogen-bond acceptors (Lipinski definition) is 6. The van der Waals surface area contributed by atoms with Crippen LogP contribution in [0.4, 0.5) is 0 Å². The van der Waals surface area contributed by atoms with E-state index in [0.717, 1.165) is 10.9 Å². The number of aromatic nitrogens is 1. The van der Waals surface area contributed by atoms with E-state index in [9.17, 15) is 9.59 Å². The van der Waals surface area contributed by atoms with E-state index in [0.29, 0.717) is 33.3 Å². The van der Waals surface area contributed by atoms with Crippen molar-refractivity contribution in [3.05, 3.63) is 64.3 Å². The lowest BCUT2D eigenvalue weighted by atomic mass is 10.1. The van der Waals surface area contributed by atoms with Gasteiger partial charge in [-0.25, -0.2) is 4.79 Å². The molecule has 2 aromatic carbocycles. The lowest BCUT2D eigenvalue weighted by Gasteiger charge is -2.08. The molecule has 3 aromatic rings. The summed E-state index contributed by atoms with van der Waals surface area (Å²) in [6.07, 6.45) is 0. The van der Waals surface area contributed by atoms with Crippen LogP contribution >= 0.6 is 11.6 Å². The fourth-order valence-corrected chi connectivity index (χ4v) is 2.99. The zero-order valence-corrected chi connectivity index (χ0v) is 15.1. The van der Waals surface area contributed by atoms with Crippen LogP contribution < -0.4 is 9.47 Å². The summed E-state index contributed by atoms with van der Waals surface area (Å²) < 4.78 is 15.6. The molecule has 1 aliphatic rings. The van der Waals surface area contributed by atoms with Crippen LogP contribution in [-0.4, -0.2) is 30.1 Å². The van der Waals surface area contributed by atoms with Crippen LogP contribution in [0.15, 0.2) is 42.5 Å². The summed E-state index contributed by atoms with van der Waals surface area (Å²) in [5, 5.41) is 1.27. The third-order valence-electron chi connectivity index (χ3n) is 4.22. The molecule has 0 radical (unpaired) electrons. The van der Waals surface area contributed by atoms with E-state index in [1.54, 1.807) is 49.4 Å². The number of ether oxygens (including phenoxy) is 3. The molecular weight excluding hydrogens is 370 g/mol. The second-order valence-corrected chi connectivity index (χ2v) is 6.46. The molecule has 0 spiro atoms. The minimum atomic E-state index is -0.615. The summed E-state index contributed by atoms with van der Waals surface area (Å²) in [4.78, 5) is 29.1. The minimum Gasteiger partial charge on any atom is -0.454 e. The number of rotatable bonds is 4. The van der Waals surface area contributed by atoms with E-state index in [-0.39, 0.29) is 19.2 Å². The molecule has 1 aliphatic heterocycles. The molecule has 0 saturated heterocycles. The van der Waals surface area contributed by atoms with Crippen molar-refractivity contribution in [2.24, 2.45) is 0 Å². The molecular formula is C20H14ClNO5. The summed E-state index contributed by atoms with van der Waals surface area (Å²) >= 11 is 5.99. The van der Waals surface area contributed by atoms with Crippen LogP contribution in [0, 0.1) is 6.92 Å². The highest BCUT2D eigenvalue weighted by atomic mass is 35.5. The normalized spacial score (nSPS) is 12.2. The molecule has 0 aliphatic carbocycles. The largest absolute Gasteiger partial charge is 0.454 e. The summed E-state index contributed by atoms with van der Waals surface area (Å²) in [7, 11) is 0. The van der Waals surface area contributed by atoms with Gasteiger partial charge in [-0.15, -0.1) is 0 Å². The maximum atomic E-state index is 12.4. The van der Waals surface area contributed by atoms with Crippen molar-refractivity contribution in [2.75, 3.05) is 13.4 Å². The number of benzene rings is 2. The molecule has 0 saturated carbocycles. The number of pyridine rings is 1. The highest BCUT2D eigenvalue weighted by Gasteiger charge is 2.19. The number of carbonyl (C=O) groups excluding carboxylic acids is 2. The number of aryl methyl sites for hydroxylation is 1. The Morgan fingerprint density at radius 2 is 1.93 bits per heavy atom. The van der Waals surface area contributed by atoms with E-state index in [1.165, 1.54) is 0 Å². The van der Waals surface area contributed by atoms with Gasteiger partial charge in [-0.1, -0.05) is 11.6 Å². The van der Waals surface area contributed by atoms with Crippen molar-refractivity contribution in [3.8, 4) is 11.5 Å². The van der Waals surface area contributed by atoms with Crippen molar-refractivity contribution in [1.82, 2.24) is 4.98 Å². The zero-order chi connectivity index (χ0) is 19.0. The van der Waals surface area contributed by atoms with Gasteiger partial charge in [0, 0.05) is 16.0 Å². The molecule has 27 heavy (non-hydrogen) atoms. The Labute approximate surface area is 159 Å². The van der Waals surface area contributed by atoms with Crippen LogP contribution in [0.3, 0.4) is 0 Å². The lowest BCUT2D eigenvalue weighted by Crippen LogP contribution is -2.15. The molecule has 0 unspecified atom stereocenters. The number of esters is 1. The predicted molar refractivity (Wildman–Crippen MR) is 98.7 cm³/mol. The Hall–Kier alpha value is -3.12. The fourth-order valence-electron chi connectivity index (χ4n) is 2.81. The first-order chi connectivity index (χ1) is 13.0. The van der Waals surface area contributed by atoms with Crippen molar-refractivity contribution < 1.29 is 23.8 Å². The van der Waals surface area contributed by atoms with Gasteiger partial charge in [0.15, 0.2) is 23.9 Å². The van der Waals surface area contributed by atoms with Crippen molar-refractivity contribution in [2.45, 2.75) is 6.92 Å². The number of halogens is 1. The standard InChI is InChI=1S/C20H14ClNO5/c1-11-15(7-13-6-14(21)3-4-16(13)22-11)20(24)25-9-17(23)12-2-5-18-19(8-12)27-10-26-18/h2-8H,9-10H2,1H3. The quantitative estimate of drug-likeness (QED) is 0.501. The van der Waals surface area contributed by atoms with E-state index >= 15 is 0 Å². The minimum absolute atomic E-state index is 0.125. The summed E-state index contributed by atoms with van der Waals surface area (Å²) in [5.41, 5.74) is 1.92. The van der Waals surface area contributed by atoms with E-state index in [1.807, 2.05) is 0 Å². The molecule has 136 valence electrons. The Morgan fingerprint density at radius 3 is 2.78 bits per heavy atom. The Morgan fingerprint density at radius 1 is 1.11 bits per heavy atom. The van der Waals surface area contributed by atoms with Crippen molar-refractivity contribution in [3.63, 3.8) is 0 Å². The number of fused-ring (bicyclic) bond motifs is 2. The number of nitrogens with zero attached hydrogens (tertiary/aromatic N) is 1. The summed E-state index contributed by atoms with van der Waals surface area (Å²) in [6.45, 7) is 1.45. The Kier molecular flexibility index (Phi) is 4.41. The molecule has 7 heteroatoms. The van der Waals surface area contributed by atoms with Gasteiger partial charge >= 0.3 is 5.97 Å². The van der Waals surface area contributed by atoms with Crippen molar-refractivity contribution >= 4 is 34.3 Å². The summed E-state index contributed by atoms with van der Waals surface area (Å²) in [5.74, 6) is 0.130. The van der Waals surface area contributed by atoms with Gasteiger partial charge in [0.2, 0.25) is 6.79 Å². The predicted octanol–water partition coefficient (Wildman–Crippen LogP) is 3.97. The molecule has 2 heterocycles. The molecule has 0 fully saturated rings. The van der Waals surface area contributed by atoms with Gasteiger partial charge in [-0.3, -0.25) is 9.78 Å². The van der Waals surface area contributed by atoms with Crippen LogP contribution in [-0.2, 0) is 4.74 Å². The number of Topliss-reactive ketones (excluding diaryl/α,β-unsaturated/α-hetero) is 1. The first-order valence-electron chi connectivity index (χ1n) is 8.18. The molecule has 0 atom stereocenters. The SMILES string of the molecule is Cc1nc2ccc(Cl)cc2cc1C(=O)OCC(=O)c1ccc2c(c1)OCO2. The average molecular weight is 384 g/mol. The summed E-state index contributed by atoms with van der Waals surface area (Å²) in [6, 6.07) is 11.7. The van der Waals surface area contributed by atoms with Crippen LogP contribution in [0.1, 0.15) is 26.4 Å². The van der Waals surface area contributed by atoms with Gasteiger partial charge in [-0.2, -0.15) is 0 Å². The highest BCUT2D eigenvalue weighted by Crippen LogP contribution is 2.32. The second-order valence-electron chi connectivity index (χ2n) is 6.03. The average Bonchev–Trinajstić information content (AvgIpc) is 3.13. The third-order valence-corrected chi connectivity index (χ3v) is 4.45. The van der Waals surface area contributed by atoms with E-state index < -0.39 is 5.97 Å². The molecule has 0 bridgehead atoms. The number of ketones is 1. The van der Waals surface area contributed by atoms with Gasteiger partial charge < -0.3 is 14.2 Å². The molecule has 0 amide bonds. The highest BCUT2D eigenvalue weighted by molar-refractivity contribution is 6.31. The van der Waals surface area contributed by atoms with Crippen LogP contribution in [0.5, 0.6) is 11.5 Å². The van der Waals surface area contributed by atoms with Gasteiger partial charge in [0.1, 0.15) is 0 Å². The molecule has 4 rings (SSSR count). The molecule has 0 N–H and O–H groups in total. The first-order valence-corrected chi connectivity index (χ1v) is 8.56. The van der Waals surface area contributed by atoms with Crippen molar-refractivity contribution in [1.29, 1.82) is 0 Å². The van der Waals surface area contributed by atoms with Crippen LogP contribution in [0.25, 0.3) is 10.9 Å².